The number of hydrogen-bond acceptors (Lipinski definition) is 3. The Morgan fingerprint density at radius 3 is 3.00 bits per heavy atom. The highest BCUT2D eigenvalue weighted by atomic mass is 16.5. The van der Waals surface area contributed by atoms with Crippen LogP contribution in [0.4, 0.5) is 0 Å². The molecule has 0 aromatic heterocycles. The first kappa shape index (κ1) is 11.1. The van der Waals surface area contributed by atoms with E-state index in [4.69, 9.17) is 4.74 Å². The minimum absolute atomic E-state index is 0.453. The maximum Gasteiger partial charge on any atom is 0.134 e. The second kappa shape index (κ2) is 5.08. The van der Waals surface area contributed by atoms with Crippen molar-refractivity contribution in [2.75, 3.05) is 26.8 Å². The SMILES string of the molecule is COCC1CCCN(C2CCC(=O)C2)C1. The van der Waals surface area contributed by atoms with Crippen molar-refractivity contribution < 1.29 is 9.53 Å². The van der Waals surface area contributed by atoms with Crippen LogP contribution in [0.15, 0.2) is 0 Å². The molecule has 15 heavy (non-hydrogen) atoms. The molecule has 1 saturated heterocycles. The maximum absolute atomic E-state index is 11.3. The molecule has 86 valence electrons. The topological polar surface area (TPSA) is 29.5 Å². The molecule has 2 aliphatic rings. The lowest BCUT2D eigenvalue weighted by Crippen LogP contribution is -2.42. The van der Waals surface area contributed by atoms with Gasteiger partial charge in [-0.3, -0.25) is 9.69 Å². The van der Waals surface area contributed by atoms with Gasteiger partial charge < -0.3 is 4.74 Å². The predicted octanol–water partition coefficient (Wildman–Crippen LogP) is 1.47. The second-order valence-electron chi connectivity index (χ2n) is 4.89. The van der Waals surface area contributed by atoms with Crippen LogP contribution < -0.4 is 0 Å². The number of methoxy groups -OCH3 is 1. The predicted molar refractivity (Wildman–Crippen MR) is 58.8 cm³/mol. The van der Waals surface area contributed by atoms with E-state index in [1.807, 2.05) is 0 Å². The van der Waals surface area contributed by atoms with Crippen molar-refractivity contribution in [2.24, 2.45) is 5.92 Å². The smallest absolute Gasteiger partial charge is 0.134 e. The molecule has 0 bridgehead atoms. The van der Waals surface area contributed by atoms with Gasteiger partial charge in [0.05, 0.1) is 6.61 Å². The second-order valence-corrected chi connectivity index (χ2v) is 4.89. The van der Waals surface area contributed by atoms with Gasteiger partial charge in [-0.25, -0.2) is 0 Å². The van der Waals surface area contributed by atoms with Crippen molar-refractivity contribution in [2.45, 2.75) is 38.1 Å². The van der Waals surface area contributed by atoms with Gasteiger partial charge in [-0.15, -0.1) is 0 Å². The Bertz CT molecular complexity index is 228. The summed E-state index contributed by atoms with van der Waals surface area (Å²) in [7, 11) is 1.78. The van der Waals surface area contributed by atoms with Crippen LogP contribution in [0, 0.1) is 5.92 Å². The van der Waals surface area contributed by atoms with Gasteiger partial charge in [0.15, 0.2) is 0 Å². The third kappa shape index (κ3) is 2.79. The lowest BCUT2D eigenvalue weighted by molar-refractivity contribution is -0.117. The van der Waals surface area contributed by atoms with E-state index in [1.165, 1.54) is 19.4 Å². The van der Waals surface area contributed by atoms with E-state index >= 15 is 0 Å². The first-order valence-electron chi connectivity index (χ1n) is 6.04. The number of Topliss-reactive ketones (excluding diaryl/α,β-unsaturated/α-hetero) is 1. The fraction of sp³-hybridized carbons (Fsp3) is 0.917. The Morgan fingerprint density at radius 1 is 1.47 bits per heavy atom. The number of hydrogen-bond donors (Lipinski definition) is 0. The number of carbonyl (C=O) groups excluding carboxylic acids is 1. The van der Waals surface area contributed by atoms with Gasteiger partial charge in [0.1, 0.15) is 5.78 Å². The average molecular weight is 211 g/mol. The Morgan fingerprint density at radius 2 is 2.33 bits per heavy atom. The Balaban J connectivity index is 1.84. The Labute approximate surface area is 91.8 Å². The highest BCUT2D eigenvalue weighted by Gasteiger charge is 2.30. The van der Waals surface area contributed by atoms with Crippen molar-refractivity contribution in [3.8, 4) is 0 Å². The fourth-order valence-electron chi connectivity index (χ4n) is 2.91. The monoisotopic (exact) mass is 211 g/mol. The lowest BCUT2D eigenvalue weighted by atomic mass is 9.97. The number of nitrogens with zero attached hydrogens (tertiary/aromatic N) is 1. The van der Waals surface area contributed by atoms with E-state index in [2.05, 4.69) is 4.90 Å². The molecular weight excluding hydrogens is 190 g/mol. The highest BCUT2D eigenvalue weighted by molar-refractivity contribution is 5.81. The first-order valence-corrected chi connectivity index (χ1v) is 6.04. The van der Waals surface area contributed by atoms with E-state index < -0.39 is 0 Å². The largest absolute Gasteiger partial charge is 0.384 e. The molecule has 0 radical (unpaired) electrons. The van der Waals surface area contributed by atoms with Gasteiger partial charge in [-0.2, -0.15) is 0 Å². The number of rotatable bonds is 3. The van der Waals surface area contributed by atoms with Crippen molar-refractivity contribution in [3.63, 3.8) is 0 Å². The molecule has 1 heterocycles. The summed E-state index contributed by atoms with van der Waals surface area (Å²) in [6, 6.07) is 0.539. The summed E-state index contributed by atoms with van der Waals surface area (Å²) < 4.78 is 5.22. The summed E-state index contributed by atoms with van der Waals surface area (Å²) in [6.07, 6.45) is 5.22. The highest BCUT2D eigenvalue weighted by Crippen LogP contribution is 2.26. The number of ether oxygens (including phenoxy) is 1. The van der Waals surface area contributed by atoms with Crippen LogP contribution >= 0.6 is 0 Å². The van der Waals surface area contributed by atoms with Crippen molar-refractivity contribution in [1.82, 2.24) is 4.90 Å². The van der Waals surface area contributed by atoms with Gasteiger partial charge in [-0.05, 0) is 31.7 Å². The molecule has 2 atom stereocenters. The molecule has 0 aromatic carbocycles. The quantitative estimate of drug-likeness (QED) is 0.708. The molecule has 0 aromatic rings. The summed E-state index contributed by atoms with van der Waals surface area (Å²) in [6.45, 7) is 3.18. The Kier molecular flexibility index (Phi) is 3.76. The van der Waals surface area contributed by atoms with E-state index in [0.717, 1.165) is 32.4 Å². The van der Waals surface area contributed by atoms with Gasteiger partial charge in [0, 0.05) is 32.5 Å². The van der Waals surface area contributed by atoms with Gasteiger partial charge in [0.2, 0.25) is 0 Å². The number of ketones is 1. The minimum atomic E-state index is 0.453. The molecule has 2 unspecified atom stereocenters. The van der Waals surface area contributed by atoms with E-state index in [0.29, 0.717) is 17.7 Å². The summed E-state index contributed by atoms with van der Waals surface area (Å²) in [5, 5.41) is 0. The number of likely N-dealkylation sites (tertiary alicyclic amines) is 1. The fourth-order valence-corrected chi connectivity index (χ4v) is 2.91. The molecule has 2 rings (SSSR count). The molecule has 2 fully saturated rings. The van der Waals surface area contributed by atoms with Crippen LogP contribution in [0.25, 0.3) is 0 Å². The molecule has 3 heteroatoms. The summed E-state index contributed by atoms with van der Waals surface area (Å²) in [5.74, 6) is 1.13. The normalized spacial score (nSPS) is 33.5. The van der Waals surface area contributed by atoms with Crippen molar-refractivity contribution >= 4 is 5.78 Å². The minimum Gasteiger partial charge on any atom is -0.384 e. The van der Waals surface area contributed by atoms with Gasteiger partial charge in [-0.1, -0.05) is 0 Å². The molecule has 0 spiro atoms. The molecule has 0 amide bonds. The van der Waals surface area contributed by atoms with Crippen LogP contribution in [0.3, 0.4) is 0 Å². The van der Waals surface area contributed by atoms with E-state index in [-0.39, 0.29) is 0 Å². The van der Waals surface area contributed by atoms with Crippen molar-refractivity contribution in [1.29, 1.82) is 0 Å². The number of piperidine rings is 1. The third-order valence-electron chi connectivity index (χ3n) is 3.69. The van der Waals surface area contributed by atoms with Crippen LogP contribution in [-0.4, -0.2) is 43.5 Å². The van der Waals surface area contributed by atoms with Gasteiger partial charge >= 0.3 is 0 Å². The maximum atomic E-state index is 11.3. The molecule has 1 aliphatic heterocycles. The summed E-state index contributed by atoms with van der Waals surface area (Å²) in [5.41, 5.74) is 0. The molecule has 1 aliphatic carbocycles. The first-order chi connectivity index (χ1) is 7.29. The molecule has 0 N–H and O–H groups in total. The Hall–Kier alpha value is -0.410. The third-order valence-corrected chi connectivity index (χ3v) is 3.69. The van der Waals surface area contributed by atoms with Crippen LogP contribution in [-0.2, 0) is 9.53 Å². The van der Waals surface area contributed by atoms with E-state index in [9.17, 15) is 4.79 Å². The average Bonchev–Trinajstić information content (AvgIpc) is 2.66. The van der Waals surface area contributed by atoms with Crippen LogP contribution in [0.2, 0.25) is 0 Å². The zero-order chi connectivity index (χ0) is 10.7. The molecular formula is C12H21NO2. The summed E-state index contributed by atoms with van der Waals surface area (Å²) >= 11 is 0. The number of carbonyl (C=O) groups is 1. The summed E-state index contributed by atoms with van der Waals surface area (Å²) in [4.78, 5) is 13.8. The van der Waals surface area contributed by atoms with Gasteiger partial charge in [0.25, 0.3) is 0 Å². The zero-order valence-corrected chi connectivity index (χ0v) is 9.58. The van der Waals surface area contributed by atoms with Crippen molar-refractivity contribution in [3.05, 3.63) is 0 Å². The zero-order valence-electron chi connectivity index (χ0n) is 9.58. The van der Waals surface area contributed by atoms with E-state index in [1.54, 1.807) is 7.11 Å². The van der Waals surface area contributed by atoms with Crippen LogP contribution in [0.1, 0.15) is 32.1 Å². The van der Waals surface area contributed by atoms with Crippen LogP contribution in [0.5, 0.6) is 0 Å². The standard InChI is InChI=1S/C12H21NO2/c1-15-9-10-3-2-6-13(8-10)11-4-5-12(14)7-11/h10-11H,2-9H2,1H3. The molecule has 1 saturated carbocycles. The lowest BCUT2D eigenvalue weighted by Gasteiger charge is -2.36. The molecule has 3 nitrogen and oxygen atoms in total.